The summed E-state index contributed by atoms with van der Waals surface area (Å²) < 4.78 is 19.8. The Morgan fingerprint density at radius 2 is 1.44 bits per heavy atom. The second kappa shape index (κ2) is 7.53. The van der Waals surface area contributed by atoms with E-state index in [0.29, 0.717) is 5.52 Å². The van der Waals surface area contributed by atoms with Crippen molar-refractivity contribution in [3.8, 4) is 16.9 Å². The van der Waals surface area contributed by atoms with Crippen LogP contribution in [-0.4, -0.2) is 4.57 Å². The van der Waals surface area contributed by atoms with E-state index in [0.717, 1.165) is 38.6 Å². The third kappa shape index (κ3) is 2.90. The van der Waals surface area contributed by atoms with Gasteiger partial charge in [-0.2, -0.15) is 4.57 Å². The van der Waals surface area contributed by atoms with Gasteiger partial charge in [-0.1, -0.05) is 54.1 Å². The number of halogens is 1. The Bertz CT molecular complexity index is 1760. The van der Waals surface area contributed by atoms with Gasteiger partial charge in [0.05, 0.1) is 22.1 Å². The molecule has 2 nitrogen and oxygen atoms in total. The molecule has 0 aliphatic heterocycles. The molecule has 3 heteroatoms. The minimum absolute atomic E-state index is 0.213. The van der Waals surface area contributed by atoms with E-state index < -0.39 is 0 Å². The Balaban J connectivity index is 1.83. The number of hydrogen-bond acceptors (Lipinski definition) is 0. The number of hydrogen-bond donors (Lipinski definition) is 0. The maximum atomic E-state index is 15.4. The number of benzene rings is 4. The molecule has 0 saturated heterocycles. The van der Waals surface area contributed by atoms with Crippen LogP contribution in [0, 0.1) is 26.6 Å². The van der Waals surface area contributed by atoms with Crippen LogP contribution in [0.2, 0.25) is 0 Å². The molecule has 2 heterocycles. The molecule has 166 valence electrons. The number of aromatic nitrogens is 2. The number of rotatable bonds is 2. The fourth-order valence-electron chi connectivity index (χ4n) is 5.39. The zero-order valence-corrected chi connectivity index (χ0v) is 19.9. The number of aryl methyl sites for hydroxylation is 3. The van der Waals surface area contributed by atoms with Gasteiger partial charge in [-0.05, 0) is 56.2 Å². The summed E-state index contributed by atoms with van der Waals surface area (Å²) in [6, 6.07) is 28.7. The van der Waals surface area contributed by atoms with Crippen LogP contribution in [0.15, 0.2) is 84.9 Å². The van der Waals surface area contributed by atoms with E-state index in [9.17, 15) is 0 Å². The summed E-state index contributed by atoms with van der Waals surface area (Å²) in [5, 5.41) is 3.07. The van der Waals surface area contributed by atoms with Crippen molar-refractivity contribution in [1.29, 1.82) is 0 Å². The van der Waals surface area contributed by atoms with Crippen LogP contribution >= 0.6 is 0 Å². The van der Waals surface area contributed by atoms with Crippen molar-refractivity contribution in [2.45, 2.75) is 20.8 Å². The SMILES string of the molecule is Cc1cc(C)c(C)c(-c2cc(-n3c4ccccc4c4cccc(F)c43)c3ccccc3[n+]2C)c1. The van der Waals surface area contributed by atoms with Crippen molar-refractivity contribution >= 4 is 32.7 Å². The Morgan fingerprint density at radius 3 is 2.26 bits per heavy atom. The van der Waals surface area contributed by atoms with Gasteiger partial charge in [0.1, 0.15) is 12.9 Å². The molecule has 0 N–H and O–H groups in total. The van der Waals surface area contributed by atoms with E-state index in [4.69, 9.17) is 0 Å². The molecule has 4 aromatic carbocycles. The highest BCUT2D eigenvalue weighted by Crippen LogP contribution is 2.37. The zero-order chi connectivity index (χ0) is 23.6. The molecule has 6 aromatic rings. The molecule has 0 amide bonds. The lowest BCUT2D eigenvalue weighted by molar-refractivity contribution is -0.633. The van der Waals surface area contributed by atoms with Crippen molar-refractivity contribution in [1.82, 2.24) is 4.57 Å². The average molecular weight is 446 g/mol. The van der Waals surface area contributed by atoms with Gasteiger partial charge in [-0.25, -0.2) is 4.39 Å². The fraction of sp³-hybridized carbons (Fsp3) is 0.129. The van der Waals surface area contributed by atoms with Crippen LogP contribution in [0.25, 0.3) is 49.7 Å². The summed E-state index contributed by atoms with van der Waals surface area (Å²) in [5.41, 5.74) is 9.79. The highest BCUT2D eigenvalue weighted by atomic mass is 19.1. The number of pyridine rings is 1. The molecule has 0 fully saturated rings. The number of nitrogens with zero attached hydrogens (tertiary/aromatic N) is 2. The van der Waals surface area contributed by atoms with Gasteiger partial charge < -0.3 is 4.57 Å². The maximum Gasteiger partial charge on any atom is 0.215 e. The molecule has 0 aliphatic rings. The first-order chi connectivity index (χ1) is 16.5. The summed E-state index contributed by atoms with van der Waals surface area (Å²) in [4.78, 5) is 0. The van der Waals surface area contributed by atoms with Crippen LogP contribution in [0.5, 0.6) is 0 Å². The highest BCUT2D eigenvalue weighted by Gasteiger charge is 2.24. The molecule has 34 heavy (non-hydrogen) atoms. The average Bonchev–Trinajstić information content (AvgIpc) is 3.18. The van der Waals surface area contributed by atoms with Gasteiger partial charge in [0.25, 0.3) is 0 Å². The third-order valence-corrected chi connectivity index (χ3v) is 7.15. The molecule has 6 rings (SSSR count). The lowest BCUT2D eigenvalue weighted by Gasteiger charge is -2.15. The number of fused-ring (bicyclic) bond motifs is 4. The van der Waals surface area contributed by atoms with Gasteiger partial charge in [0, 0.05) is 28.5 Å². The molecule has 0 bridgehead atoms. The zero-order valence-electron chi connectivity index (χ0n) is 19.9. The van der Waals surface area contributed by atoms with E-state index in [1.807, 2.05) is 18.2 Å². The molecule has 0 spiro atoms. The molecule has 0 unspecified atom stereocenters. The van der Waals surface area contributed by atoms with E-state index in [-0.39, 0.29) is 5.82 Å². The number of para-hydroxylation sites is 3. The summed E-state index contributed by atoms with van der Waals surface area (Å²) in [7, 11) is 2.12. The van der Waals surface area contributed by atoms with Gasteiger partial charge in [0.2, 0.25) is 11.2 Å². The summed E-state index contributed by atoms with van der Waals surface area (Å²) in [5.74, 6) is -0.213. The molecule has 0 atom stereocenters. The first kappa shape index (κ1) is 20.6. The predicted octanol–water partition coefficient (Wildman–Crippen LogP) is 7.49. The van der Waals surface area contributed by atoms with Crippen LogP contribution in [0.3, 0.4) is 0 Å². The second-order valence-electron chi connectivity index (χ2n) is 9.23. The van der Waals surface area contributed by atoms with Crippen molar-refractivity contribution in [3.63, 3.8) is 0 Å². The molecule has 2 aromatic heterocycles. The summed E-state index contributed by atoms with van der Waals surface area (Å²) >= 11 is 0. The van der Waals surface area contributed by atoms with Crippen molar-refractivity contribution in [2.24, 2.45) is 7.05 Å². The van der Waals surface area contributed by atoms with Crippen molar-refractivity contribution in [3.05, 3.63) is 107 Å². The second-order valence-corrected chi connectivity index (χ2v) is 9.23. The van der Waals surface area contributed by atoms with Gasteiger partial charge in [-0.15, -0.1) is 0 Å². The lowest BCUT2D eigenvalue weighted by Crippen LogP contribution is -2.33. The molecule has 0 saturated carbocycles. The normalized spacial score (nSPS) is 11.7. The van der Waals surface area contributed by atoms with Crippen molar-refractivity contribution < 1.29 is 8.96 Å². The Morgan fingerprint density at radius 1 is 0.735 bits per heavy atom. The van der Waals surface area contributed by atoms with Crippen LogP contribution in [0.4, 0.5) is 4.39 Å². The van der Waals surface area contributed by atoms with E-state index >= 15 is 4.39 Å². The molecular weight excluding hydrogens is 419 g/mol. The van der Waals surface area contributed by atoms with Gasteiger partial charge in [-0.3, -0.25) is 0 Å². The van der Waals surface area contributed by atoms with Crippen LogP contribution < -0.4 is 4.57 Å². The Labute approximate surface area is 198 Å². The Kier molecular flexibility index (Phi) is 4.56. The third-order valence-electron chi connectivity index (χ3n) is 7.15. The van der Waals surface area contributed by atoms with Crippen molar-refractivity contribution in [2.75, 3.05) is 0 Å². The molecule has 0 radical (unpaired) electrons. The summed E-state index contributed by atoms with van der Waals surface area (Å²) in [6.07, 6.45) is 0. The smallest absolute Gasteiger partial charge is 0.215 e. The largest absolute Gasteiger partial charge is 0.305 e. The fourth-order valence-corrected chi connectivity index (χ4v) is 5.39. The first-order valence-electron chi connectivity index (χ1n) is 11.6. The van der Waals surface area contributed by atoms with E-state index in [1.165, 1.54) is 22.3 Å². The topological polar surface area (TPSA) is 8.81 Å². The first-order valence-corrected chi connectivity index (χ1v) is 11.6. The quantitative estimate of drug-likeness (QED) is 0.244. The standard InChI is InChI=1S/C31H26FN2/c1-19-16-20(2)21(3)25(17-19)29-18-30(24-11-6-7-14-27(24)33(29)4)34-28-15-8-5-10-22(28)23-12-9-13-26(32)31(23)34/h5-18H,1-4H3/q+1. The minimum atomic E-state index is -0.213. The summed E-state index contributed by atoms with van der Waals surface area (Å²) in [6.45, 7) is 6.48. The van der Waals surface area contributed by atoms with Crippen LogP contribution in [0.1, 0.15) is 16.7 Å². The lowest BCUT2D eigenvalue weighted by atomic mass is 9.96. The molecular formula is C31H26FN2+. The maximum absolute atomic E-state index is 15.4. The minimum Gasteiger partial charge on any atom is -0.305 e. The van der Waals surface area contributed by atoms with E-state index in [2.05, 4.69) is 91.6 Å². The highest BCUT2D eigenvalue weighted by molar-refractivity contribution is 6.10. The monoisotopic (exact) mass is 445 g/mol. The van der Waals surface area contributed by atoms with Gasteiger partial charge >= 0.3 is 0 Å². The molecule has 0 aliphatic carbocycles. The van der Waals surface area contributed by atoms with Gasteiger partial charge in [0.15, 0.2) is 0 Å². The predicted molar refractivity (Wildman–Crippen MR) is 139 cm³/mol. The van der Waals surface area contributed by atoms with E-state index in [1.54, 1.807) is 12.1 Å². The van der Waals surface area contributed by atoms with Crippen LogP contribution in [-0.2, 0) is 7.05 Å². The Hall–Kier alpha value is -3.98.